The molecule has 1 heterocycles. The molecule has 0 aromatic heterocycles. The van der Waals surface area contributed by atoms with Gasteiger partial charge in [0.25, 0.3) is 0 Å². The zero-order valence-corrected chi connectivity index (χ0v) is 13.6. The third kappa shape index (κ3) is 3.44. The van der Waals surface area contributed by atoms with E-state index in [0.717, 1.165) is 29.9 Å². The predicted molar refractivity (Wildman–Crippen MR) is 81.2 cm³/mol. The molecule has 0 bridgehead atoms. The van der Waals surface area contributed by atoms with E-state index in [1.54, 1.807) is 0 Å². The molecule has 2 rings (SSSR count). The maximum atomic E-state index is 11.9. The van der Waals surface area contributed by atoms with Gasteiger partial charge in [-0.1, -0.05) is 22.0 Å². The smallest absolute Gasteiger partial charge is 0.0992 e. The minimum atomic E-state index is -0.736. The molecule has 1 fully saturated rings. The second kappa shape index (κ2) is 5.74. The topological polar surface area (TPSA) is 44.1 Å². The van der Waals surface area contributed by atoms with Crippen molar-refractivity contribution in [3.63, 3.8) is 0 Å². The van der Waals surface area contributed by atoms with Crippen LogP contribution in [-0.2, 0) is 17.3 Å². The highest BCUT2D eigenvalue weighted by molar-refractivity contribution is 9.10. The van der Waals surface area contributed by atoms with Crippen molar-refractivity contribution in [3.05, 3.63) is 33.8 Å². The van der Waals surface area contributed by atoms with E-state index in [0.29, 0.717) is 5.56 Å². The standard InChI is InChI=1S/C14H17BrN2OS/c1-14(2)10-17(5-6-19(14)18)9-12-4-3-11(8-16)7-13(12)15/h3-4,7H,5-6,9-10H2,1-2H3. The fourth-order valence-corrected chi connectivity index (χ4v) is 4.11. The minimum absolute atomic E-state index is 0.142. The second-order valence-corrected chi connectivity index (χ2v) is 8.50. The van der Waals surface area contributed by atoms with Gasteiger partial charge in [-0.05, 0) is 31.5 Å². The van der Waals surface area contributed by atoms with Crippen molar-refractivity contribution in [2.24, 2.45) is 0 Å². The summed E-state index contributed by atoms with van der Waals surface area (Å²) >= 11 is 3.52. The van der Waals surface area contributed by atoms with Crippen LogP contribution in [0.2, 0.25) is 0 Å². The molecule has 0 spiro atoms. The number of hydrogen-bond donors (Lipinski definition) is 0. The Kier molecular flexibility index (Phi) is 4.44. The average Bonchev–Trinajstić information content (AvgIpc) is 2.36. The molecule has 1 atom stereocenters. The Balaban J connectivity index is 2.10. The lowest BCUT2D eigenvalue weighted by Gasteiger charge is -2.37. The van der Waals surface area contributed by atoms with Gasteiger partial charge >= 0.3 is 0 Å². The summed E-state index contributed by atoms with van der Waals surface area (Å²) in [4.78, 5) is 2.33. The molecule has 0 radical (unpaired) electrons. The van der Waals surface area contributed by atoms with Crippen molar-refractivity contribution in [1.82, 2.24) is 4.90 Å². The first-order valence-corrected chi connectivity index (χ1v) is 8.33. The Labute approximate surface area is 125 Å². The van der Waals surface area contributed by atoms with Crippen molar-refractivity contribution in [2.45, 2.75) is 25.1 Å². The molecule has 1 aromatic carbocycles. The molecule has 1 saturated heterocycles. The average molecular weight is 341 g/mol. The highest BCUT2D eigenvalue weighted by atomic mass is 79.9. The number of hydrogen-bond acceptors (Lipinski definition) is 3. The first kappa shape index (κ1) is 14.7. The molecule has 5 heteroatoms. The van der Waals surface area contributed by atoms with E-state index in [4.69, 9.17) is 5.26 Å². The van der Waals surface area contributed by atoms with Gasteiger partial charge < -0.3 is 0 Å². The lowest BCUT2D eigenvalue weighted by Crippen LogP contribution is -2.49. The van der Waals surface area contributed by atoms with E-state index in [1.165, 1.54) is 5.56 Å². The summed E-state index contributed by atoms with van der Waals surface area (Å²) in [5, 5.41) is 8.86. The van der Waals surface area contributed by atoms with Crippen LogP contribution in [0.25, 0.3) is 0 Å². The van der Waals surface area contributed by atoms with Gasteiger partial charge in [0, 0.05) is 40.7 Å². The molecule has 0 aliphatic carbocycles. The number of nitrogens with zero attached hydrogens (tertiary/aromatic N) is 2. The van der Waals surface area contributed by atoms with E-state index < -0.39 is 10.8 Å². The van der Waals surface area contributed by atoms with Gasteiger partial charge in [-0.2, -0.15) is 5.26 Å². The van der Waals surface area contributed by atoms with Crippen LogP contribution in [0, 0.1) is 11.3 Å². The molecular weight excluding hydrogens is 324 g/mol. The summed E-state index contributed by atoms with van der Waals surface area (Å²) < 4.78 is 12.7. The van der Waals surface area contributed by atoms with Gasteiger partial charge in [-0.3, -0.25) is 9.11 Å². The van der Waals surface area contributed by atoms with E-state index in [1.807, 2.05) is 18.2 Å². The summed E-state index contributed by atoms with van der Waals surface area (Å²) in [7, 11) is -0.736. The van der Waals surface area contributed by atoms with E-state index in [9.17, 15) is 4.21 Å². The lowest BCUT2D eigenvalue weighted by atomic mass is 10.1. The van der Waals surface area contributed by atoms with Crippen LogP contribution in [0.15, 0.2) is 22.7 Å². The van der Waals surface area contributed by atoms with Crippen LogP contribution < -0.4 is 0 Å². The lowest BCUT2D eigenvalue weighted by molar-refractivity contribution is 0.247. The molecule has 3 nitrogen and oxygen atoms in total. The SMILES string of the molecule is CC1(C)CN(Cc2ccc(C#N)cc2Br)CCS1=O. The Bertz CT molecular complexity index is 551. The highest BCUT2D eigenvalue weighted by Gasteiger charge is 2.33. The van der Waals surface area contributed by atoms with E-state index in [-0.39, 0.29) is 4.75 Å². The van der Waals surface area contributed by atoms with Crippen LogP contribution in [0.1, 0.15) is 25.0 Å². The summed E-state index contributed by atoms with van der Waals surface area (Å²) in [6.07, 6.45) is 0. The molecule has 102 valence electrons. The van der Waals surface area contributed by atoms with Crippen LogP contribution in [0.4, 0.5) is 0 Å². The predicted octanol–water partition coefficient (Wildman–Crippen LogP) is 2.66. The largest absolute Gasteiger partial charge is 0.297 e. The Morgan fingerprint density at radius 3 is 2.84 bits per heavy atom. The third-order valence-corrected chi connectivity index (χ3v) is 6.04. The van der Waals surface area contributed by atoms with Gasteiger partial charge in [0.1, 0.15) is 0 Å². The number of halogens is 1. The van der Waals surface area contributed by atoms with Crippen LogP contribution in [0.5, 0.6) is 0 Å². The molecule has 1 aliphatic heterocycles. The molecule has 0 saturated carbocycles. The van der Waals surface area contributed by atoms with Gasteiger partial charge in [-0.15, -0.1) is 0 Å². The van der Waals surface area contributed by atoms with Crippen molar-refractivity contribution in [1.29, 1.82) is 5.26 Å². The Hall–Kier alpha value is -0.700. The molecule has 19 heavy (non-hydrogen) atoms. The number of nitriles is 1. The van der Waals surface area contributed by atoms with Crippen molar-refractivity contribution in [3.8, 4) is 6.07 Å². The molecule has 1 aliphatic rings. The second-order valence-electron chi connectivity index (χ2n) is 5.44. The van der Waals surface area contributed by atoms with Gasteiger partial charge in [0.05, 0.1) is 16.4 Å². The van der Waals surface area contributed by atoms with Crippen LogP contribution >= 0.6 is 15.9 Å². The molecule has 0 amide bonds. The van der Waals surface area contributed by atoms with Crippen molar-refractivity contribution in [2.75, 3.05) is 18.8 Å². The van der Waals surface area contributed by atoms with Gasteiger partial charge in [0.2, 0.25) is 0 Å². The van der Waals surface area contributed by atoms with Gasteiger partial charge in [-0.25, -0.2) is 0 Å². The Morgan fingerprint density at radius 1 is 1.53 bits per heavy atom. The highest BCUT2D eigenvalue weighted by Crippen LogP contribution is 2.24. The third-order valence-electron chi connectivity index (χ3n) is 3.39. The van der Waals surface area contributed by atoms with Crippen molar-refractivity contribution >= 4 is 26.7 Å². The fourth-order valence-electron chi connectivity index (χ4n) is 2.30. The fraction of sp³-hybridized carbons (Fsp3) is 0.500. The maximum Gasteiger partial charge on any atom is 0.0992 e. The van der Waals surface area contributed by atoms with Crippen molar-refractivity contribution < 1.29 is 4.21 Å². The molecule has 0 N–H and O–H groups in total. The monoisotopic (exact) mass is 340 g/mol. The zero-order valence-electron chi connectivity index (χ0n) is 11.1. The van der Waals surface area contributed by atoms with E-state index >= 15 is 0 Å². The number of rotatable bonds is 2. The van der Waals surface area contributed by atoms with Crippen LogP contribution in [-0.4, -0.2) is 32.7 Å². The summed E-state index contributed by atoms with van der Waals surface area (Å²) in [5.74, 6) is 0.737. The summed E-state index contributed by atoms with van der Waals surface area (Å²) in [5.41, 5.74) is 1.83. The summed E-state index contributed by atoms with van der Waals surface area (Å²) in [6, 6.07) is 7.81. The van der Waals surface area contributed by atoms with Gasteiger partial charge in [0.15, 0.2) is 0 Å². The number of benzene rings is 1. The quantitative estimate of drug-likeness (QED) is 0.831. The normalized spacial score (nSPS) is 22.9. The van der Waals surface area contributed by atoms with E-state index in [2.05, 4.69) is 40.7 Å². The molecule has 1 aromatic rings. The molecular formula is C14H17BrN2OS. The minimum Gasteiger partial charge on any atom is -0.297 e. The Morgan fingerprint density at radius 2 is 2.26 bits per heavy atom. The summed E-state index contributed by atoms with van der Waals surface area (Å²) in [6.45, 7) is 6.65. The molecule has 1 unspecified atom stereocenters. The van der Waals surface area contributed by atoms with Crippen LogP contribution in [0.3, 0.4) is 0 Å². The first-order valence-electron chi connectivity index (χ1n) is 6.22. The zero-order chi connectivity index (χ0) is 14.0. The first-order chi connectivity index (χ1) is 8.92. The maximum absolute atomic E-state index is 11.9.